The number of carbonyl (C=O) groups excluding carboxylic acids is 1. The van der Waals surface area contributed by atoms with Gasteiger partial charge in [-0.15, -0.1) is 0 Å². The van der Waals surface area contributed by atoms with Crippen molar-refractivity contribution in [3.05, 3.63) is 47.3 Å². The lowest BCUT2D eigenvalue weighted by Gasteiger charge is -2.16. The SMILES string of the molecule is Cc1nn(CCO)cc1CNCc1cccc(N2CCCC2=O)c1. The number of rotatable bonds is 7. The van der Waals surface area contributed by atoms with Gasteiger partial charge in [0.1, 0.15) is 0 Å². The highest BCUT2D eigenvalue weighted by Crippen LogP contribution is 2.22. The van der Waals surface area contributed by atoms with Gasteiger partial charge in [-0.2, -0.15) is 5.10 Å². The number of aromatic nitrogens is 2. The molecule has 0 atom stereocenters. The predicted molar refractivity (Wildman–Crippen MR) is 92.6 cm³/mol. The van der Waals surface area contributed by atoms with Gasteiger partial charge >= 0.3 is 0 Å². The molecule has 1 aliphatic heterocycles. The lowest BCUT2D eigenvalue weighted by Crippen LogP contribution is -2.23. The largest absolute Gasteiger partial charge is 0.394 e. The predicted octanol–water partition coefficient (Wildman–Crippen LogP) is 1.60. The quantitative estimate of drug-likeness (QED) is 0.810. The van der Waals surface area contributed by atoms with Crippen molar-refractivity contribution >= 4 is 11.6 Å². The lowest BCUT2D eigenvalue weighted by molar-refractivity contribution is -0.117. The Morgan fingerprint density at radius 3 is 2.96 bits per heavy atom. The number of aliphatic hydroxyl groups is 1. The Hall–Kier alpha value is -2.18. The minimum absolute atomic E-state index is 0.0933. The van der Waals surface area contributed by atoms with Crippen molar-refractivity contribution in [2.45, 2.75) is 39.4 Å². The summed E-state index contributed by atoms with van der Waals surface area (Å²) in [6.07, 6.45) is 3.57. The van der Waals surface area contributed by atoms with Gasteiger partial charge in [0, 0.05) is 43.5 Å². The van der Waals surface area contributed by atoms with Gasteiger partial charge in [-0.25, -0.2) is 0 Å². The molecule has 1 aromatic carbocycles. The fourth-order valence-corrected chi connectivity index (χ4v) is 3.05. The average Bonchev–Trinajstić information content (AvgIpc) is 3.14. The van der Waals surface area contributed by atoms with Crippen LogP contribution in [0.1, 0.15) is 29.7 Å². The lowest BCUT2D eigenvalue weighted by atomic mass is 10.2. The van der Waals surface area contributed by atoms with Crippen LogP contribution in [0.3, 0.4) is 0 Å². The number of amides is 1. The van der Waals surface area contributed by atoms with Crippen molar-refractivity contribution in [3.8, 4) is 0 Å². The van der Waals surface area contributed by atoms with E-state index < -0.39 is 0 Å². The summed E-state index contributed by atoms with van der Waals surface area (Å²) < 4.78 is 1.77. The molecule has 2 aromatic rings. The zero-order valence-electron chi connectivity index (χ0n) is 14.0. The summed E-state index contributed by atoms with van der Waals surface area (Å²) in [5.41, 5.74) is 4.26. The van der Waals surface area contributed by atoms with Crippen molar-refractivity contribution in [1.29, 1.82) is 0 Å². The molecule has 0 spiro atoms. The van der Waals surface area contributed by atoms with Gasteiger partial charge in [0.15, 0.2) is 0 Å². The van der Waals surface area contributed by atoms with Crippen molar-refractivity contribution in [3.63, 3.8) is 0 Å². The van der Waals surface area contributed by atoms with Crippen molar-refractivity contribution in [2.75, 3.05) is 18.1 Å². The number of hydrogen-bond acceptors (Lipinski definition) is 4. The van der Waals surface area contributed by atoms with E-state index in [4.69, 9.17) is 5.11 Å². The Morgan fingerprint density at radius 2 is 2.21 bits per heavy atom. The van der Waals surface area contributed by atoms with Gasteiger partial charge < -0.3 is 15.3 Å². The standard InChI is InChI=1S/C18H24N4O2/c1-14-16(13-21(20-14)8-9-23)12-19-11-15-4-2-5-17(10-15)22-7-3-6-18(22)24/h2,4-5,10,13,19,23H,3,6-9,11-12H2,1H3. The zero-order chi connectivity index (χ0) is 16.9. The van der Waals surface area contributed by atoms with Crippen LogP contribution in [0.4, 0.5) is 5.69 Å². The van der Waals surface area contributed by atoms with Gasteiger partial charge in [0.2, 0.25) is 5.91 Å². The number of benzene rings is 1. The average molecular weight is 328 g/mol. The number of hydrogen-bond donors (Lipinski definition) is 2. The first-order valence-corrected chi connectivity index (χ1v) is 8.41. The van der Waals surface area contributed by atoms with E-state index in [-0.39, 0.29) is 12.5 Å². The highest BCUT2D eigenvalue weighted by molar-refractivity contribution is 5.95. The van der Waals surface area contributed by atoms with Crippen LogP contribution in [0, 0.1) is 6.92 Å². The number of aryl methyl sites for hydroxylation is 1. The molecule has 3 rings (SSSR count). The molecule has 0 bridgehead atoms. The third-order valence-electron chi connectivity index (χ3n) is 4.32. The fourth-order valence-electron chi connectivity index (χ4n) is 3.05. The molecule has 1 amide bonds. The number of anilines is 1. The summed E-state index contributed by atoms with van der Waals surface area (Å²) in [6, 6.07) is 8.15. The monoisotopic (exact) mass is 328 g/mol. The summed E-state index contributed by atoms with van der Waals surface area (Å²) in [7, 11) is 0. The van der Waals surface area contributed by atoms with Crippen LogP contribution in [-0.2, 0) is 24.4 Å². The Bertz CT molecular complexity index is 711. The summed E-state index contributed by atoms with van der Waals surface area (Å²) in [6.45, 7) is 4.87. The molecular formula is C18H24N4O2. The van der Waals surface area contributed by atoms with Crippen LogP contribution < -0.4 is 10.2 Å². The molecule has 24 heavy (non-hydrogen) atoms. The van der Waals surface area contributed by atoms with Gasteiger partial charge in [0.25, 0.3) is 0 Å². The Kier molecular flexibility index (Phi) is 5.27. The van der Waals surface area contributed by atoms with E-state index in [0.717, 1.165) is 48.6 Å². The van der Waals surface area contributed by atoms with Crippen LogP contribution in [0.5, 0.6) is 0 Å². The molecule has 128 valence electrons. The van der Waals surface area contributed by atoms with Crippen LogP contribution in [0.25, 0.3) is 0 Å². The Balaban J connectivity index is 1.58. The van der Waals surface area contributed by atoms with Crippen LogP contribution in [0.15, 0.2) is 30.5 Å². The van der Waals surface area contributed by atoms with Crippen LogP contribution >= 0.6 is 0 Å². The van der Waals surface area contributed by atoms with E-state index in [1.807, 2.05) is 30.2 Å². The highest BCUT2D eigenvalue weighted by atomic mass is 16.3. The third kappa shape index (κ3) is 3.83. The second-order valence-corrected chi connectivity index (χ2v) is 6.15. The second kappa shape index (κ2) is 7.59. The van der Waals surface area contributed by atoms with Crippen LogP contribution in [0.2, 0.25) is 0 Å². The molecular weight excluding hydrogens is 304 g/mol. The minimum atomic E-state index is 0.0933. The van der Waals surface area contributed by atoms with Crippen molar-refractivity contribution < 1.29 is 9.90 Å². The molecule has 0 unspecified atom stereocenters. The maximum absolute atomic E-state index is 11.9. The van der Waals surface area contributed by atoms with E-state index in [9.17, 15) is 4.79 Å². The maximum Gasteiger partial charge on any atom is 0.227 e. The first-order valence-electron chi connectivity index (χ1n) is 8.41. The summed E-state index contributed by atoms with van der Waals surface area (Å²) in [4.78, 5) is 13.7. The number of carbonyl (C=O) groups is 1. The van der Waals surface area contributed by atoms with Crippen molar-refractivity contribution in [1.82, 2.24) is 15.1 Å². The van der Waals surface area contributed by atoms with Crippen molar-refractivity contribution in [2.24, 2.45) is 0 Å². The third-order valence-corrected chi connectivity index (χ3v) is 4.32. The van der Waals surface area contributed by atoms with E-state index >= 15 is 0 Å². The molecule has 2 N–H and O–H groups in total. The van der Waals surface area contributed by atoms with Gasteiger partial charge in [-0.05, 0) is 31.0 Å². The highest BCUT2D eigenvalue weighted by Gasteiger charge is 2.21. The maximum atomic E-state index is 11.9. The Labute approximate surface area is 142 Å². The molecule has 0 radical (unpaired) electrons. The summed E-state index contributed by atoms with van der Waals surface area (Å²) in [5, 5.41) is 16.8. The fraction of sp³-hybridized carbons (Fsp3) is 0.444. The number of nitrogens with zero attached hydrogens (tertiary/aromatic N) is 3. The molecule has 0 aliphatic carbocycles. The van der Waals surface area contributed by atoms with E-state index in [2.05, 4.69) is 22.5 Å². The molecule has 1 saturated heterocycles. The first kappa shape index (κ1) is 16.7. The number of aliphatic hydroxyl groups excluding tert-OH is 1. The summed E-state index contributed by atoms with van der Waals surface area (Å²) >= 11 is 0. The topological polar surface area (TPSA) is 70.4 Å². The van der Waals surface area contributed by atoms with Gasteiger partial charge in [0.05, 0.1) is 18.8 Å². The molecule has 6 heteroatoms. The molecule has 1 aromatic heterocycles. The molecule has 6 nitrogen and oxygen atoms in total. The molecule has 0 saturated carbocycles. The Morgan fingerprint density at radius 1 is 1.33 bits per heavy atom. The second-order valence-electron chi connectivity index (χ2n) is 6.15. The van der Waals surface area contributed by atoms with E-state index in [1.165, 1.54) is 0 Å². The van der Waals surface area contributed by atoms with Gasteiger partial charge in [-0.1, -0.05) is 12.1 Å². The smallest absolute Gasteiger partial charge is 0.227 e. The molecule has 1 fully saturated rings. The molecule has 2 heterocycles. The van der Waals surface area contributed by atoms with E-state index in [1.54, 1.807) is 4.68 Å². The summed E-state index contributed by atoms with van der Waals surface area (Å²) in [5.74, 6) is 0.215. The minimum Gasteiger partial charge on any atom is -0.394 e. The van der Waals surface area contributed by atoms with E-state index in [0.29, 0.717) is 13.0 Å². The molecule has 1 aliphatic rings. The normalized spacial score (nSPS) is 14.6. The van der Waals surface area contributed by atoms with Gasteiger partial charge in [-0.3, -0.25) is 9.48 Å². The first-order chi connectivity index (χ1) is 11.7. The number of nitrogens with one attached hydrogen (secondary N) is 1. The zero-order valence-corrected chi connectivity index (χ0v) is 14.0. The van der Waals surface area contributed by atoms with Crippen LogP contribution in [-0.4, -0.2) is 33.9 Å².